The maximum atomic E-state index is 6.15. The normalized spacial score (nSPS) is 28.4. The average Bonchev–Trinajstić information content (AvgIpc) is 2.57. The van der Waals surface area contributed by atoms with Gasteiger partial charge >= 0.3 is 0 Å². The van der Waals surface area contributed by atoms with Gasteiger partial charge in [0.15, 0.2) is 0 Å². The average molecular weight is 245 g/mol. The van der Waals surface area contributed by atoms with Crippen LogP contribution in [0.25, 0.3) is 0 Å². The zero-order valence-corrected chi connectivity index (χ0v) is 11.4. The second kappa shape index (κ2) is 4.47. The summed E-state index contributed by atoms with van der Waals surface area (Å²) >= 11 is 0. The summed E-state index contributed by atoms with van der Waals surface area (Å²) in [6.07, 6.45) is 3.97. The first-order valence-corrected chi connectivity index (χ1v) is 6.98. The molecule has 2 aliphatic rings. The van der Waals surface area contributed by atoms with Crippen LogP contribution in [-0.2, 0) is 0 Å². The Morgan fingerprint density at radius 3 is 2.78 bits per heavy atom. The standard InChI is InChI=1S/C15H23N3/c1-11-3-6-14(16)15(9-11)18-8-7-12-4-5-13(10-18)17(12)2/h3,6,9,12-13H,4-5,7-8,10,16H2,1-2H3. The van der Waals surface area contributed by atoms with Gasteiger partial charge in [-0.05, 0) is 50.9 Å². The molecule has 98 valence electrons. The lowest BCUT2D eigenvalue weighted by Gasteiger charge is -2.28. The van der Waals surface area contributed by atoms with Gasteiger partial charge in [0.25, 0.3) is 0 Å². The molecule has 0 spiro atoms. The summed E-state index contributed by atoms with van der Waals surface area (Å²) in [5, 5.41) is 0. The van der Waals surface area contributed by atoms with Crippen LogP contribution in [0.1, 0.15) is 24.8 Å². The predicted octanol–water partition coefficient (Wildman–Crippen LogP) is 2.25. The van der Waals surface area contributed by atoms with Gasteiger partial charge in [-0.2, -0.15) is 0 Å². The lowest BCUT2D eigenvalue weighted by Crippen LogP contribution is -2.36. The number of aryl methyl sites for hydroxylation is 1. The number of nitrogen functional groups attached to an aromatic ring is 1. The minimum atomic E-state index is 0.706. The fraction of sp³-hybridized carbons (Fsp3) is 0.600. The molecule has 2 N–H and O–H groups in total. The summed E-state index contributed by atoms with van der Waals surface area (Å²) in [6.45, 7) is 4.40. The second-order valence-electron chi connectivity index (χ2n) is 5.85. The van der Waals surface area contributed by atoms with Gasteiger partial charge in [0.1, 0.15) is 0 Å². The molecule has 2 saturated heterocycles. The van der Waals surface area contributed by atoms with Crippen LogP contribution in [0.3, 0.4) is 0 Å². The van der Waals surface area contributed by atoms with E-state index in [9.17, 15) is 0 Å². The van der Waals surface area contributed by atoms with E-state index in [1.807, 2.05) is 6.07 Å². The lowest BCUT2D eigenvalue weighted by atomic mass is 10.1. The zero-order chi connectivity index (χ0) is 12.7. The number of nitrogens with zero attached hydrogens (tertiary/aromatic N) is 2. The molecular weight excluding hydrogens is 222 g/mol. The number of hydrogen-bond donors (Lipinski definition) is 1. The van der Waals surface area contributed by atoms with Gasteiger partial charge in [-0.3, -0.25) is 4.90 Å². The van der Waals surface area contributed by atoms with Gasteiger partial charge < -0.3 is 10.6 Å². The summed E-state index contributed by atoms with van der Waals surface area (Å²) in [6, 6.07) is 7.85. The Morgan fingerprint density at radius 1 is 1.17 bits per heavy atom. The number of fused-ring (bicyclic) bond motifs is 2. The van der Waals surface area contributed by atoms with Crippen LogP contribution >= 0.6 is 0 Å². The fourth-order valence-electron chi connectivity index (χ4n) is 3.46. The molecule has 0 saturated carbocycles. The quantitative estimate of drug-likeness (QED) is 0.770. The van der Waals surface area contributed by atoms with E-state index in [-0.39, 0.29) is 0 Å². The van der Waals surface area contributed by atoms with Crippen molar-refractivity contribution in [1.82, 2.24) is 4.90 Å². The number of rotatable bonds is 1. The molecule has 0 aromatic heterocycles. The molecule has 1 aromatic carbocycles. The molecule has 0 aliphatic carbocycles. The third-order valence-electron chi connectivity index (χ3n) is 4.68. The minimum Gasteiger partial charge on any atom is -0.397 e. The van der Waals surface area contributed by atoms with Gasteiger partial charge in [0.2, 0.25) is 0 Å². The molecular formula is C15H23N3. The fourth-order valence-corrected chi connectivity index (χ4v) is 3.46. The van der Waals surface area contributed by atoms with Gasteiger partial charge in [0.05, 0.1) is 11.4 Å². The van der Waals surface area contributed by atoms with Gasteiger partial charge in [-0.25, -0.2) is 0 Å². The highest BCUT2D eigenvalue weighted by Crippen LogP contribution is 2.33. The van der Waals surface area contributed by atoms with E-state index in [0.29, 0.717) is 6.04 Å². The Hall–Kier alpha value is -1.22. The van der Waals surface area contributed by atoms with E-state index >= 15 is 0 Å². The van der Waals surface area contributed by atoms with Crippen LogP contribution in [-0.4, -0.2) is 37.1 Å². The molecule has 2 atom stereocenters. The predicted molar refractivity (Wildman–Crippen MR) is 77.0 cm³/mol. The summed E-state index contributed by atoms with van der Waals surface area (Å²) in [7, 11) is 2.28. The van der Waals surface area contributed by atoms with Crippen molar-refractivity contribution in [3.63, 3.8) is 0 Å². The van der Waals surface area contributed by atoms with E-state index < -0.39 is 0 Å². The first-order valence-electron chi connectivity index (χ1n) is 6.98. The molecule has 0 amide bonds. The summed E-state index contributed by atoms with van der Waals surface area (Å²) < 4.78 is 0. The topological polar surface area (TPSA) is 32.5 Å². The second-order valence-corrected chi connectivity index (χ2v) is 5.85. The van der Waals surface area contributed by atoms with E-state index in [1.165, 1.54) is 30.5 Å². The van der Waals surface area contributed by atoms with E-state index in [4.69, 9.17) is 5.73 Å². The molecule has 18 heavy (non-hydrogen) atoms. The van der Waals surface area contributed by atoms with Gasteiger partial charge in [-0.15, -0.1) is 0 Å². The molecule has 2 aliphatic heterocycles. The van der Waals surface area contributed by atoms with Crippen molar-refractivity contribution >= 4 is 11.4 Å². The Kier molecular flexibility index (Phi) is 2.94. The molecule has 2 bridgehead atoms. The van der Waals surface area contributed by atoms with Crippen molar-refractivity contribution in [2.24, 2.45) is 0 Å². The van der Waals surface area contributed by atoms with Crippen LogP contribution in [0.15, 0.2) is 18.2 Å². The third-order valence-corrected chi connectivity index (χ3v) is 4.68. The zero-order valence-electron chi connectivity index (χ0n) is 11.4. The maximum absolute atomic E-state index is 6.15. The lowest BCUT2D eigenvalue weighted by molar-refractivity contribution is 0.254. The van der Waals surface area contributed by atoms with Crippen molar-refractivity contribution in [3.8, 4) is 0 Å². The first-order chi connectivity index (χ1) is 8.65. The Bertz CT molecular complexity index is 443. The van der Waals surface area contributed by atoms with Crippen LogP contribution in [0.4, 0.5) is 11.4 Å². The van der Waals surface area contributed by atoms with Crippen LogP contribution in [0.2, 0.25) is 0 Å². The number of benzene rings is 1. The number of anilines is 2. The van der Waals surface area contributed by atoms with Crippen LogP contribution in [0, 0.1) is 6.92 Å². The van der Waals surface area contributed by atoms with Crippen molar-refractivity contribution in [1.29, 1.82) is 0 Å². The first kappa shape index (κ1) is 11.8. The number of nitrogens with two attached hydrogens (primary N) is 1. The molecule has 2 fully saturated rings. The van der Waals surface area contributed by atoms with Crippen molar-refractivity contribution in [2.75, 3.05) is 30.8 Å². The minimum absolute atomic E-state index is 0.706. The van der Waals surface area contributed by atoms with Crippen LogP contribution < -0.4 is 10.6 Å². The van der Waals surface area contributed by atoms with Crippen molar-refractivity contribution in [3.05, 3.63) is 23.8 Å². The molecule has 2 unspecified atom stereocenters. The summed E-state index contributed by atoms with van der Waals surface area (Å²) in [5.74, 6) is 0. The molecule has 0 radical (unpaired) electrons. The smallest absolute Gasteiger partial charge is 0.0603 e. The molecule has 3 nitrogen and oxygen atoms in total. The highest BCUT2D eigenvalue weighted by molar-refractivity contribution is 5.68. The maximum Gasteiger partial charge on any atom is 0.0603 e. The molecule has 1 aromatic rings. The Morgan fingerprint density at radius 2 is 1.94 bits per heavy atom. The summed E-state index contributed by atoms with van der Waals surface area (Å²) in [5.41, 5.74) is 9.59. The van der Waals surface area contributed by atoms with Crippen molar-refractivity contribution in [2.45, 2.75) is 38.3 Å². The highest BCUT2D eigenvalue weighted by Gasteiger charge is 2.34. The number of likely N-dealkylation sites (N-methyl/N-ethyl adjacent to an activating group) is 1. The monoisotopic (exact) mass is 245 g/mol. The molecule has 3 heteroatoms. The number of hydrogen-bond acceptors (Lipinski definition) is 3. The van der Waals surface area contributed by atoms with Gasteiger partial charge in [0, 0.05) is 25.2 Å². The van der Waals surface area contributed by atoms with E-state index in [0.717, 1.165) is 24.8 Å². The van der Waals surface area contributed by atoms with E-state index in [2.05, 4.69) is 35.9 Å². The van der Waals surface area contributed by atoms with Crippen molar-refractivity contribution < 1.29 is 0 Å². The highest BCUT2D eigenvalue weighted by atomic mass is 15.3. The third kappa shape index (κ3) is 1.97. The van der Waals surface area contributed by atoms with E-state index in [1.54, 1.807) is 0 Å². The Labute approximate surface area is 110 Å². The van der Waals surface area contributed by atoms with Crippen LogP contribution in [0.5, 0.6) is 0 Å². The summed E-state index contributed by atoms with van der Waals surface area (Å²) in [4.78, 5) is 5.06. The molecule has 3 rings (SSSR count). The van der Waals surface area contributed by atoms with Gasteiger partial charge in [-0.1, -0.05) is 6.07 Å². The SMILES string of the molecule is Cc1ccc(N)c(N2CCC3CCC(C2)N3C)c1. The molecule has 2 heterocycles. The Balaban J connectivity index is 1.87. The largest absolute Gasteiger partial charge is 0.397 e.